The SMILES string of the molecule is NC(=O)c1c(NC(=O)CSc2nnc(-c3ccncc3)n2-c2ccc(F)cc2)sc2c1CCC2. The topological polar surface area (TPSA) is 116 Å². The summed E-state index contributed by atoms with van der Waals surface area (Å²) in [6.07, 6.45) is 5.98. The van der Waals surface area contributed by atoms with Crippen LogP contribution in [0.5, 0.6) is 0 Å². The van der Waals surface area contributed by atoms with Crippen LogP contribution in [-0.4, -0.2) is 37.3 Å². The number of aromatic nitrogens is 4. The van der Waals surface area contributed by atoms with Crippen LogP contribution in [0.4, 0.5) is 9.39 Å². The second-order valence-electron chi connectivity index (χ2n) is 7.62. The van der Waals surface area contributed by atoms with Crippen molar-refractivity contribution >= 4 is 39.9 Å². The Hall–Kier alpha value is -3.57. The molecule has 172 valence electrons. The maximum Gasteiger partial charge on any atom is 0.251 e. The van der Waals surface area contributed by atoms with Gasteiger partial charge in [0.25, 0.3) is 5.91 Å². The van der Waals surface area contributed by atoms with E-state index >= 15 is 0 Å². The number of benzene rings is 1. The molecule has 0 saturated carbocycles. The molecule has 8 nitrogen and oxygen atoms in total. The van der Waals surface area contributed by atoms with Crippen LogP contribution in [0.3, 0.4) is 0 Å². The number of thioether (sulfide) groups is 1. The summed E-state index contributed by atoms with van der Waals surface area (Å²) in [6.45, 7) is 0. The molecular weight excluding hydrogens is 475 g/mol. The predicted molar refractivity (Wildman–Crippen MR) is 129 cm³/mol. The van der Waals surface area contributed by atoms with Crippen LogP contribution >= 0.6 is 23.1 Å². The van der Waals surface area contributed by atoms with E-state index in [0.29, 0.717) is 27.2 Å². The Morgan fingerprint density at radius 2 is 1.88 bits per heavy atom. The minimum Gasteiger partial charge on any atom is -0.365 e. The Morgan fingerprint density at radius 3 is 2.62 bits per heavy atom. The predicted octanol–water partition coefficient (Wildman–Crippen LogP) is 3.85. The van der Waals surface area contributed by atoms with E-state index in [9.17, 15) is 14.0 Å². The van der Waals surface area contributed by atoms with Crippen molar-refractivity contribution in [2.45, 2.75) is 24.4 Å². The number of nitrogens with zero attached hydrogens (tertiary/aromatic N) is 4. The molecule has 4 aromatic rings. The second-order valence-corrected chi connectivity index (χ2v) is 9.66. The number of carbonyl (C=O) groups is 2. The van der Waals surface area contributed by atoms with Crippen LogP contribution < -0.4 is 11.1 Å². The summed E-state index contributed by atoms with van der Waals surface area (Å²) in [7, 11) is 0. The number of nitrogens with one attached hydrogen (secondary N) is 1. The highest BCUT2D eigenvalue weighted by atomic mass is 32.2. The van der Waals surface area contributed by atoms with Crippen LogP contribution in [0.2, 0.25) is 0 Å². The molecule has 11 heteroatoms. The number of pyridine rings is 1. The van der Waals surface area contributed by atoms with Gasteiger partial charge in [0.05, 0.1) is 11.3 Å². The quantitative estimate of drug-likeness (QED) is 0.377. The van der Waals surface area contributed by atoms with Gasteiger partial charge in [-0.3, -0.25) is 19.1 Å². The van der Waals surface area contributed by atoms with Gasteiger partial charge in [-0.15, -0.1) is 21.5 Å². The van der Waals surface area contributed by atoms with E-state index in [1.807, 2.05) is 0 Å². The van der Waals surface area contributed by atoms with Crippen molar-refractivity contribution in [3.63, 3.8) is 0 Å². The van der Waals surface area contributed by atoms with E-state index in [4.69, 9.17) is 5.73 Å². The molecule has 0 radical (unpaired) electrons. The van der Waals surface area contributed by atoms with Crippen LogP contribution in [0.1, 0.15) is 27.2 Å². The normalized spacial score (nSPS) is 12.5. The molecule has 3 heterocycles. The highest BCUT2D eigenvalue weighted by Gasteiger charge is 2.26. The number of primary amides is 1. The fraction of sp³-hybridized carbons (Fsp3) is 0.174. The van der Waals surface area contributed by atoms with E-state index in [1.54, 1.807) is 41.2 Å². The maximum atomic E-state index is 13.5. The highest BCUT2D eigenvalue weighted by Crippen LogP contribution is 2.39. The zero-order valence-corrected chi connectivity index (χ0v) is 19.5. The summed E-state index contributed by atoms with van der Waals surface area (Å²) in [5.74, 6) is -0.588. The summed E-state index contributed by atoms with van der Waals surface area (Å²) in [5, 5.41) is 12.4. The molecule has 5 rings (SSSR count). The van der Waals surface area contributed by atoms with E-state index in [0.717, 1.165) is 35.3 Å². The fourth-order valence-corrected chi connectivity index (χ4v) is 5.98. The van der Waals surface area contributed by atoms with Gasteiger partial charge in [-0.2, -0.15) is 0 Å². The fourth-order valence-electron chi connectivity index (χ4n) is 3.92. The standard InChI is InChI=1S/C23H19FN6O2S2/c24-14-4-6-15(7-5-14)30-21(13-8-10-26-11-9-13)28-29-23(30)33-12-18(31)27-22-19(20(25)32)16-2-1-3-17(16)34-22/h4-11H,1-3,12H2,(H2,25,32)(H,27,31). The van der Waals surface area contributed by atoms with Crippen LogP contribution in [0, 0.1) is 5.82 Å². The average Bonchev–Trinajstić information content (AvgIpc) is 3.53. The average molecular weight is 495 g/mol. The van der Waals surface area contributed by atoms with Gasteiger partial charge in [0.1, 0.15) is 10.8 Å². The molecule has 34 heavy (non-hydrogen) atoms. The number of carbonyl (C=O) groups excluding carboxylic acids is 2. The number of fused-ring (bicyclic) bond motifs is 1. The van der Waals surface area contributed by atoms with Gasteiger partial charge in [0.15, 0.2) is 11.0 Å². The number of anilines is 1. The lowest BCUT2D eigenvalue weighted by Gasteiger charge is -2.10. The Kier molecular flexibility index (Phi) is 6.12. The lowest BCUT2D eigenvalue weighted by molar-refractivity contribution is -0.113. The molecule has 0 spiro atoms. The van der Waals surface area contributed by atoms with Crippen molar-refractivity contribution < 1.29 is 14.0 Å². The lowest BCUT2D eigenvalue weighted by atomic mass is 10.1. The summed E-state index contributed by atoms with van der Waals surface area (Å²) in [6, 6.07) is 9.56. The van der Waals surface area contributed by atoms with Crippen molar-refractivity contribution in [2.75, 3.05) is 11.1 Å². The number of aryl methyl sites for hydroxylation is 1. The molecule has 1 aliphatic carbocycles. The minimum absolute atomic E-state index is 0.0381. The minimum atomic E-state index is -0.527. The van der Waals surface area contributed by atoms with Crippen molar-refractivity contribution in [3.8, 4) is 17.1 Å². The monoisotopic (exact) mass is 494 g/mol. The molecule has 0 atom stereocenters. The second kappa shape index (κ2) is 9.35. The Morgan fingerprint density at radius 1 is 1.12 bits per heavy atom. The van der Waals surface area contributed by atoms with Gasteiger partial charge in [0.2, 0.25) is 5.91 Å². The molecule has 1 aliphatic rings. The first-order chi connectivity index (χ1) is 16.5. The lowest BCUT2D eigenvalue weighted by Crippen LogP contribution is -2.19. The molecule has 3 N–H and O–H groups in total. The molecule has 0 bridgehead atoms. The number of halogens is 1. The number of hydrogen-bond acceptors (Lipinski definition) is 7. The largest absolute Gasteiger partial charge is 0.365 e. The third kappa shape index (κ3) is 4.31. The first kappa shape index (κ1) is 22.2. The third-order valence-electron chi connectivity index (χ3n) is 5.41. The smallest absolute Gasteiger partial charge is 0.251 e. The Balaban J connectivity index is 1.39. The molecule has 1 aromatic carbocycles. The van der Waals surface area contributed by atoms with E-state index in [1.165, 1.54) is 35.2 Å². The van der Waals surface area contributed by atoms with Crippen molar-refractivity contribution in [3.05, 3.63) is 70.6 Å². The highest BCUT2D eigenvalue weighted by molar-refractivity contribution is 7.99. The molecule has 3 aromatic heterocycles. The van der Waals surface area contributed by atoms with Gasteiger partial charge >= 0.3 is 0 Å². The Labute approximate surface area is 202 Å². The van der Waals surface area contributed by atoms with Gasteiger partial charge < -0.3 is 11.1 Å². The summed E-state index contributed by atoms with van der Waals surface area (Å²) < 4.78 is 15.3. The number of hydrogen-bond donors (Lipinski definition) is 2. The molecule has 2 amide bonds. The first-order valence-electron chi connectivity index (χ1n) is 10.5. The molecule has 0 unspecified atom stereocenters. The summed E-state index contributed by atoms with van der Waals surface area (Å²) in [4.78, 5) is 29.9. The number of nitrogens with two attached hydrogens (primary N) is 1. The van der Waals surface area contributed by atoms with Gasteiger partial charge in [-0.25, -0.2) is 4.39 Å². The molecule has 0 saturated heterocycles. The van der Waals surface area contributed by atoms with Crippen molar-refractivity contribution in [2.24, 2.45) is 5.73 Å². The maximum absolute atomic E-state index is 13.5. The summed E-state index contributed by atoms with van der Waals surface area (Å²) >= 11 is 2.60. The van der Waals surface area contributed by atoms with Gasteiger partial charge in [0, 0.05) is 28.5 Å². The van der Waals surface area contributed by atoms with Gasteiger partial charge in [-0.1, -0.05) is 11.8 Å². The van der Waals surface area contributed by atoms with E-state index in [2.05, 4.69) is 20.5 Å². The van der Waals surface area contributed by atoms with Crippen LogP contribution in [0.15, 0.2) is 53.9 Å². The Bertz CT molecular complexity index is 1370. The van der Waals surface area contributed by atoms with Crippen LogP contribution in [0.25, 0.3) is 17.1 Å². The van der Waals surface area contributed by atoms with E-state index in [-0.39, 0.29) is 17.5 Å². The molecule has 0 aliphatic heterocycles. The summed E-state index contributed by atoms with van der Waals surface area (Å²) in [5.41, 5.74) is 8.40. The van der Waals surface area contributed by atoms with E-state index < -0.39 is 5.91 Å². The number of thiophene rings is 1. The van der Waals surface area contributed by atoms with Crippen molar-refractivity contribution in [1.29, 1.82) is 0 Å². The molecule has 0 fully saturated rings. The number of rotatable bonds is 7. The van der Waals surface area contributed by atoms with Crippen molar-refractivity contribution in [1.82, 2.24) is 19.7 Å². The number of amides is 2. The van der Waals surface area contributed by atoms with Gasteiger partial charge in [-0.05, 0) is 61.2 Å². The zero-order valence-electron chi connectivity index (χ0n) is 17.8. The molecular formula is C23H19FN6O2S2. The zero-order chi connectivity index (χ0) is 23.7. The third-order valence-corrected chi connectivity index (χ3v) is 7.55. The first-order valence-corrected chi connectivity index (χ1v) is 12.3. The van der Waals surface area contributed by atoms with Crippen LogP contribution in [-0.2, 0) is 17.6 Å².